The summed E-state index contributed by atoms with van der Waals surface area (Å²) in [7, 11) is 4.14. The smallest absolute Gasteiger partial charge is 0.142 e. The third-order valence-corrected chi connectivity index (χ3v) is 3.38. The Morgan fingerprint density at radius 2 is 2.00 bits per heavy atom. The van der Waals surface area contributed by atoms with Crippen LogP contribution in [0.2, 0.25) is 5.02 Å². The van der Waals surface area contributed by atoms with Gasteiger partial charge in [0.2, 0.25) is 0 Å². The summed E-state index contributed by atoms with van der Waals surface area (Å²) in [6.45, 7) is 8.34. The highest BCUT2D eigenvalue weighted by Crippen LogP contribution is 2.21. The number of halogens is 2. The van der Waals surface area contributed by atoms with Gasteiger partial charge in [0.05, 0.1) is 5.02 Å². The van der Waals surface area contributed by atoms with E-state index in [-0.39, 0.29) is 22.3 Å². The lowest BCUT2D eigenvalue weighted by Gasteiger charge is -2.30. The fraction of sp³-hybridized carbons (Fsp3) is 0.600. The molecule has 0 aliphatic rings. The normalized spacial score (nSPS) is 13.9. The van der Waals surface area contributed by atoms with E-state index in [4.69, 9.17) is 11.6 Å². The minimum absolute atomic E-state index is 0.105. The van der Waals surface area contributed by atoms with E-state index in [1.807, 2.05) is 13.0 Å². The van der Waals surface area contributed by atoms with Crippen molar-refractivity contribution in [1.29, 1.82) is 0 Å². The van der Waals surface area contributed by atoms with E-state index < -0.39 is 0 Å². The Bertz CT molecular complexity index is 419. The van der Waals surface area contributed by atoms with Crippen LogP contribution in [0.3, 0.4) is 0 Å². The molecule has 1 atom stereocenters. The van der Waals surface area contributed by atoms with Crippen molar-refractivity contribution in [3.63, 3.8) is 0 Å². The van der Waals surface area contributed by atoms with E-state index in [9.17, 15) is 4.39 Å². The Morgan fingerprint density at radius 1 is 1.37 bits per heavy atom. The average molecular weight is 287 g/mol. The van der Waals surface area contributed by atoms with Crippen molar-refractivity contribution >= 4 is 11.6 Å². The molecule has 0 radical (unpaired) electrons. The fourth-order valence-electron chi connectivity index (χ4n) is 2.24. The third kappa shape index (κ3) is 5.47. The van der Waals surface area contributed by atoms with Crippen molar-refractivity contribution in [3.8, 4) is 0 Å². The van der Waals surface area contributed by atoms with E-state index >= 15 is 0 Å². The van der Waals surface area contributed by atoms with Crippen molar-refractivity contribution < 1.29 is 4.39 Å². The quantitative estimate of drug-likeness (QED) is 0.857. The molecular weight excluding hydrogens is 263 g/mol. The minimum Gasteiger partial charge on any atom is -0.310 e. The summed E-state index contributed by atoms with van der Waals surface area (Å²) < 4.78 is 13.4. The molecule has 0 saturated heterocycles. The molecule has 0 aromatic heterocycles. The van der Waals surface area contributed by atoms with Gasteiger partial charge < -0.3 is 10.2 Å². The van der Waals surface area contributed by atoms with Gasteiger partial charge in [-0.2, -0.15) is 0 Å². The topological polar surface area (TPSA) is 15.3 Å². The molecule has 0 heterocycles. The van der Waals surface area contributed by atoms with Crippen molar-refractivity contribution in [2.75, 3.05) is 27.2 Å². The summed E-state index contributed by atoms with van der Waals surface area (Å²) in [4.78, 5) is 2.17. The molecule has 0 spiro atoms. The first-order valence-electron chi connectivity index (χ1n) is 6.54. The van der Waals surface area contributed by atoms with Gasteiger partial charge in [-0.1, -0.05) is 31.5 Å². The summed E-state index contributed by atoms with van der Waals surface area (Å²) in [5.41, 5.74) is 1.09. The molecule has 0 amide bonds. The molecule has 0 bridgehead atoms. The molecule has 0 fully saturated rings. The van der Waals surface area contributed by atoms with Crippen LogP contribution in [0.5, 0.6) is 0 Å². The maximum atomic E-state index is 13.4. The third-order valence-electron chi connectivity index (χ3n) is 3.07. The molecule has 1 aromatic rings. The molecule has 0 aliphatic carbocycles. The van der Waals surface area contributed by atoms with Crippen molar-refractivity contribution in [1.82, 2.24) is 10.2 Å². The van der Waals surface area contributed by atoms with Crippen molar-refractivity contribution in [2.45, 2.75) is 26.8 Å². The molecule has 1 rings (SSSR count). The molecular formula is C15H24ClFN2. The maximum absolute atomic E-state index is 13.4. The first kappa shape index (κ1) is 16.4. The molecule has 1 unspecified atom stereocenters. The predicted molar refractivity (Wildman–Crippen MR) is 80.2 cm³/mol. The van der Waals surface area contributed by atoms with E-state index in [0.29, 0.717) is 0 Å². The van der Waals surface area contributed by atoms with Crippen LogP contribution in [0.1, 0.15) is 32.4 Å². The summed E-state index contributed by atoms with van der Waals surface area (Å²) >= 11 is 5.69. The summed E-state index contributed by atoms with van der Waals surface area (Å²) in [5, 5.41) is 3.63. The lowest BCUT2D eigenvalue weighted by Crippen LogP contribution is -2.38. The van der Waals surface area contributed by atoms with Crippen molar-refractivity contribution in [3.05, 3.63) is 34.6 Å². The number of nitrogens with one attached hydrogen (secondary N) is 1. The van der Waals surface area contributed by atoms with E-state index in [1.54, 1.807) is 6.07 Å². The van der Waals surface area contributed by atoms with Gasteiger partial charge in [-0.3, -0.25) is 0 Å². The van der Waals surface area contributed by atoms with Crippen LogP contribution < -0.4 is 5.32 Å². The summed E-state index contributed by atoms with van der Waals surface area (Å²) in [5.74, 6) is -0.361. The second-order valence-electron chi connectivity index (χ2n) is 6.18. The number of hydrogen-bond acceptors (Lipinski definition) is 2. The molecule has 1 aromatic carbocycles. The number of rotatable bonds is 6. The van der Waals surface area contributed by atoms with E-state index in [1.165, 1.54) is 6.07 Å². The van der Waals surface area contributed by atoms with Gasteiger partial charge in [0.15, 0.2) is 0 Å². The summed E-state index contributed by atoms with van der Waals surface area (Å²) in [6.07, 6.45) is 0. The highest BCUT2D eigenvalue weighted by molar-refractivity contribution is 6.30. The molecule has 4 heteroatoms. The fourth-order valence-corrected chi connectivity index (χ4v) is 2.36. The van der Waals surface area contributed by atoms with Gasteiger partial charge in [0.1, 0.15) is 5.82 Å². The first-order chi connectivity index (χ1) is 8.71. The second-order valence-corrected chi connectivity index (χ2v) is 6.59. The largest absolute Gasteiger partial charge is 0.310 e. The zero-order chi connectivity index (χ0) is 14.6. The number of benzene rings is 1. The first-order valence-corrected chi connectivity index (χ1v) is 6.92. The predicted octanol–water partition coefficient (Wildman–Crippen LogP) is 3.72. The van der Waals surface area contributed by atoms with Crippen LogP contribution >= 0.6 is 11.6 Å². The van der Waals surface area contributed by atoms with Gasteiger partial charge in [0.25, 0.3) is 0 Å². The average Bonchev–Trinajstić information content (AvgIpc) is 2.28. The van der Waals surface area contributed by atoms with Crippen LogP contribution in [-0.2, 0) is 0 Å². The van der Waals surface area contributed by atoms with Crippen LogP contribution in [-0.4, -0.2) is 32.1 Å². The summed E-state index contributed by atoms with van der Waals surface area (Å²) in [6, 6.07) is 5.07. The highest BCUT2D eigenvalue weighted by atomic mass is 35.5. The van der Waals surface area contributed by atoms with Gasteiger partial charge in [-0.15, -0.1) is 0 Å². The Hall–Kier alpha value is -0.640. The monoisotopic (exact) mass is 286 g/mol. The molecule has 1 N–H and O–H groups in total. The van der Waals surface area contributed by atoms with E-state index in [0.717, 1.165) is 18.7 Å². The Morgan fingerprint density at radius 3 is 2.53 bits per heavy atom. The van der Waals surface area contributed by atoms with Crippen LogP contribution in [0.15, 0.2) is 18.2 Å². The molecule has 0 saturated carbocycles. The molecule has 108 valence electrons. The van der Waals surface area contributed by atoms with E-state index in [2.05, 4.69) is 38.2 Å². The van der Waals surface area contributed by atoms with Gasteiger partial charge in [-0.05, 0) is 44.1 Å². The lowest BCUT2D eigenvalue weighted by atomic mass is 9.92. The number of nitrogens with zero attached hydrogens (tertiary/aromatic N) is 1. The number of hydrogen-bond donors (Lipinski definition) is 1. The second kappa shape index (κ2) is 6.69. The Labute approximate surface area is 120 Å². The highest BCUT2D eigenvalue weighted by Gasteiger charge is 2.20. The zero-order valence-corrected chi connectivity index (χ0v) is 13.2. The van der Waals surface area contributed by atoms with Crippen LogP contribution in [0.4, 0.5) is 4.39 Å². The molecule has 0 aliphatic heterocycles. The molecule has 2 nitrogen and oxygen atoms in total. The Balaban J connectivity index is 2.59. The SMILES string of the molecule is CC(NCC(C)(C)CN(C)C)c1ccc(Cl)c(F)c1. The molecule has 19 heavy (non-hydrogen) atoms. The standard InChI is InChI=1S/C15H24ClFN2/c1-11(12-6-7-13(16)14(17)8-12)18-9-15(2,3)10-19(4)5/h6-8,11,18H,9-10H2,1-5H3. The van der Waals surface area contributed by atoms with Gasteiger partial charge in [-0.25, -0.2) is 4.39 Å². The van der Waals surface area contributed by atoms with Crippen LogP contribution in [0.25, 0.3) is 0 Å². The minimum atomic E-state index is -0.361. The lowest BCUT2D eigenvalue weighted by molar-refractivity contribution is 0.227. The van der Waals surface area contributed by atoms with Gasteiger partial charge >= 0.3 is 0 Å². The van der Waals surface area contributed by atoms with Crippen LogP contribution in [0, 0.1) is 11.2 Å². The Kier molecular flexibility index (Phi) is 5.78. The maximum Gasteiger partial charge on any atom is 0.142 e. The zero-order valence-electron chi connectivity index (χ0n) is 12.4. The van der Waals surface area contributed by atoms with Crippen molar-refractivity contribution in [2.24, 2.45) is 5.41 Å². The van der Waals surface area contributed by atoms with Gasteiger partial charge in [0, 0.05) is 19.1 Å².